The van der Waals surface area contributed by atoms with E-state index in [1.807, 2.05) is 31.2 Å². The Morgan fingerprint density at radius 1 is 1.07 bits per heavy atom. The van der Waals surface area contributed by atoms with Gasteiger partial charge in [0.25, 0.3) is 0 Å². The minimum Gasteiger partial charge on any atom is -0.273 e. The molecule has 1 fully saturated rings. The lowest BCUT2D eigenvalue weighted by Crippen LogP contribution is -2.30. The molecule has 1 N–H and O–H groups in total. The molecule has 0 radical (unpaired) electrons. The van der Waals surface area contributed by atoms with Crippen LogP contribution >= 0.6 is 0 Å². The highest BCUT2D eigenvalue weighted by Crippen LogP contribution is 2.29. The maximum Gasteiger partial charge on any atom is 0.242 e. The van der Waals surface area contributed by atoms with Gasteiger partial charge in [0.05, 0.1) is 16.3 Å². The fraction of sp³-hybridized carbons (Fsp3) is 0.278. The lowest BCUT2D eigenvalue weighted by Gasteiger charge is -2.17. The van der Waals surface area contributed by atoms with E-state index in [1.54, 1.807) is 6.92 Å². The van der Waals surface area contributed by atoms with Crippen molar-refractivity contribution in [3.05, 3.63) is 59.2 Å². The smallest absolute Gasteiger partial charge is 0.242 e. The SMILES string of the molecule is Cc1ccccc1CNS(=O)(=O)c1cc(N2C(=O)CCS2(=O)=O)ccc1C. The third kappa shape index (κ3) is 3.90. The van der Waals surface area contributed by atoms with Crippen LogP contribution in [0.5, 0.6) is 0 Å². The molecule has 144 valence electrons. The van der Waals surface area contributed by atoms with Crippen molar-refractivity contribution >= 4 is 31.6 Å². The quantitative estimate of drug-likeness (QED) is 0.814. The van der Waals surface area contributed by atoms with Gasteiger partial charge in [-0.25, -0.2) is 25.9 Å². The van der Waals surface area contributed by atoms with E-state index in [2.05, 4.69) is 4.72 Å². The van der Waals surface area contributed by atoms with Crippen LogP contribution in [0.4, 0.5) is 5.69 Å². The largest absolute Gasteiger partial charge is 0.273 e. The van der Waals surface area contributed by atoms with Crippen LogP contribution in [0.15, 0.2) is 47.4 Å². The highest BCUT2D eigenvalue weighted by molar-refractivity contribution is 7.94. The van der Waals surface area contributed by atoms with Crippen molar-refractivity contribution in [2.45, 2.75) is 31.7 Å². The standard InChI is InChI=1S/C18H20N2O5S2/c1-13-5-3-4-6-15(13)12-19-27(24,25)17-11-16(8-7-14(17)2)20-18(21)9-10-26(20,22)23/h3-8,11,19H,9-10,12H2,1-2H3. The molecule has 1 aliphatic rings. The van der Waals surface area contributed by atoms with Crippen LogP contribution in [-0.4, -0.2) is 28.5 Å². The van der Waals surface area contributed by atoms with E-state index in [4.69, 9.17) is 0 Å². The van der Waals surface area contributed by atoms with Crippen LogP contribution in [0.3, 0.4) is 0 Å². The normalized spacial score (nSPS) is 16.7. The molecule has 0 saturated carbocycles. The summed E-state index contributed by atoms with van der Waals surface area (Å²) in [6.45, 7) is 3.62. The lowest BCUT2D eigenvalue weighted by molar-refractivity contribution is -0.116. The Bertz CT molecular complexity index is 1110. The number of nitrogens with zero attached hydrogens (tertiary/aromatic N) is 1. The highest BCUT2D eigenvalue weighted by atomic mass is 32.2. The van der Waals surface area contributed by atoms with E-state index in [-0.39, 0.29) is 29.3 Å². The molecule has 3 rings (SSSR count). The molecule has 9 heteroatoms. The predicted molar refractivity (Wildman–Crippen MR) is 102 cm³/mol. The van der Waals surface area contributed by atoms with Gasteiger partial charge in [-0.1, -0.05) is 30.3 Å². The first-order chi connectivity index (χ1) is 12.6. The average molecular weight is 409 g/mol. The van der Waals surface area contributed by atoms with Gasteiger partial charge in [0.1, 0.15) is 0 Å². The number of rotatable bonds is 5. The number of nitrogens with one attached hydrogen (secondary N) is 1. The van der Waals surface area contributed by atoms with Crippen LogP contribution in [0.1, 0.15) is 23.1 Å². The van der Waals surface area contributed by atoms with Gasteiger partial charge < -0.3 is 0 Å². The summed E-state index contributed by atoms with van der Waals surface area (Å²) < 4.78 is 53.0. The van der Waals surface area contributed by atoms with Gasteiger partial charge in [0, 0.05) is 13.0 Å². The van der Waals surface area contributed by atoms with E-state index in [0.29, 0.717) is 9.87 Å². The summed E-state index contributed by atoms with van der Waals surface area (Å²) in [4.78, 5) is 11.9. The zero-order valence-corrected chi connectivity index (χ0v) is 16.6. The van der Waals surface area contributed by atoms with Crippen LogP contribution < -0.4 is 9.03 Å². The van der Waals surface area contributed by atoms with Crippen molar-refractivity contribution in [2.24, 2.45) is 0 Å². The molecule has 2 aromatic rings. The zero-order chi connectivity index (χ0) is 19.8. The summed E-state index contributed by atoms with van der Waals surface area (Å²) in [6, 6.07) is 11.6. The summed E-state index contributed by atoms with van der Waals surface area (Å²) >= 11 is 0. The third-order valence-corrected chi connectivity index (χ3v) is 7.72. The minimum atomic E-state index is -3.90. The second kappa shape index (κ2) is 7.06. The summed E-state index contributed by atoms with van der Waals surface area (Å²) in [5.74, 6) is -0.831. The Hall–Kier alpha value is -2.23. The lowest BCUT2D eigenvalue weighted by atomic mass is 10.1. The Morgan fingerprint density at radius 2 is 1.78 bits per heavy atom. The molecule has 0 aromatic heterocycles. The van der Waals surface area contributed by atoms with Crippen molar-refractivity contribution in [1.29, 1.82) is 0 Å². The Kier molecular flexibility index (Phi) is 5.11. The van der Waals surface area contributed by atoms with E-state index in [9.17, 15) is 21.6 Å². The van der Waals surface area contributed by atoms with E-state index < -0.39 is 26.0 Å². The first-order valence-corrected chi connectivity index (χ1v) is 11.4. The Morgan fingerprint density at radius 3 is 2.41 bits per heavy atom. The number of hydrogen-bond acceptors (Lipinski definition) is 5. The van der Waals surface area contributed by atoms with Crippen LogP contribution in [0.2, 0.25) is 0 Å². The van der Waals surface area contributed by atoms with Gasteiger partial charge in [-0.3, -0.25) is 4.79 Å². The Balaban J connectivity index is 1.94. The molecule has 7 nitrogen and oxygen atoms in total. The molecule has 0 spiro atoms. The number of carbonyl (C=O) groups excluding carboxylic acids is 1. The molecule has 1 aliphatic heterocycles. The number of hydrogen-bond donors (Lipinski definition) is 1. The summed E-state index contributed by atoms with van der Waals surface area (Å²) in [5.41, 5.74) is 2.30. The van der Waals surface area contributed by atoms with Gasteiger partial charge in [-0.15, -0.1) is 0 Å². The summed E-state index contributed by atoms with van der Waals surface area (Å²) in [6.07, 6.45) is -0.107. The number of sulfonamides is 2. The van der Waals surface area contributed by atoms with Crippen molar-refractivity contribution in [3.8, 4) is 0 Å². The van der Waals surface area contributed by atoms with E-state index in [0.717, 1.165) is 11.1 Å². The number of benzene rings is 2. The first kappa shape index (κ1) is 19.5. The van der Waals surface area contributed by atoms with Crippen LogP contribution in [0, 0.1) is 13.8 Å². The van der Waals surface area contributed by atoms with Crippen LogP contribution in [0.25, 0.3) is 0 Å². The molecule has 1 heterocycles. The fourth-order valence-corrected chi connectivity index (χ4v) is 5.65. The second-order valence-electron chi connectivity index (χ2n) is 6.42. The fourth-order valence-electron chi connectivity index (χ4n) is 2.93. The molecule has 0 atom stereocenters. The van der Waals surface area contributed by atoms with E-state index >= 15 is 0 Å². The zero-order valence-electron chi connectivity index (χ0n) is 15.0. The maximum absolute atomic E-state index is 12.8. The van der Waals surface area contributed by atoms with Crippen molar-refractivity contribution in [3.63, 3.8) is 0 Å². The molecule has 0 bridgehead atoms. The molecule has 27 heavy (non-hydrogen) atoms. The minimum absolute atomic E-state index is 0.0411. The molecule has 1 amide bonds. The third-order valence-electron chi connectivity index (χ3n) is 4.49. The second-order valence-corrected chi connectivity index (χ2v) is 10.1. The topological polar surface area (TPSA) is 101 Å². The van der Waals surface area contributed by atoms with Gasteiger partial charge in [0.2, 0.25) is 26.0 Å². The van der Waals surface area contributed by atoms with Crippen molar-refractivity contribution in [2.75, 3.05) is 10.1 Å². The van der Waals surface area contributed by atoms with Gasteiger partial charge in [-0.2, -0.15) is 0 Å². The molecular weight excluding hydrogens is 388 g/mol. The van der Waals surface area contributed by atoms with Crippen molar-refractivity contribution < 1.29 is 21.6 Å². The van der Waals surface area contributed by atoms with Gasteiger partial charge >= 0.3 is 0 Å². The molecular formula is C18H20N2O5S2. The number of aryl methyl sites for hydroxylation is 2. The monoisotopic (exact) mass is 408 g/mol. The first-order valence-electron chi connectivity index (χ1n) is 8.32. The van der Waals surface area contributed by atoms with Crippen molar-refractivity contribution in [1.82, 2.24) is 4.72 Å². The molecule has 0 unspecified atom stereocenters. The number of anilines is 1. The maximum atomic E-state index is 12.8. The molecule has 2 aromatic carbocycles. The van der Waals surface area contributed by atoms with E-state index in [1.165, 1.54) is 18.2 Å². The van der Waals surface area contributed by atoms with Gasteiger partial charge in [0.15, 0.2) is 0 Å². The Labute approximate surface area is 159 Å². The number of carbonyl (C=O) groups is 1. The van der Waals surface area contributed by atoms with Gasteiger partial charge in [-0.05, 0) is 42.7 Å². The average Bonchev–Trinajstić information content (AvgIpc) is 2.88. The molecule has 0 aliphatic carbocycles. The summed E-state index contributed by atoms with van der Waals surface area (Å²) in [5, 5.41) is 0. The summed E-state index contributed by atoms with van der Waals surface area (Å²) in [7, 11) is -7.65. The molecule has 1 saturated heterocycles. The predicted octanol–water partition coefficient (Wildman–Crippen LogP) is 1.85. The van der Waals surface area contributed by atoms with Crippen LogP contribution in [-0.2, 0) is 31.4 Å². The highest BCUT2D eigenvalue weighted by Gasteiger charge is 2.36. The number of amides is 1.